The maximum atomic E-state index is 11.0. The van der Waals surface area contributed by atoms with Crippen molar-refractivity contribution in [2.24, 2.45) is 0 Å². The first-order chi connectivity index (χ1) is 9.15. The van der Waals surface area contributed by atoms with Gasteiger partial charge in [0.2, 0.25) is 0 Å². The van der Waals surface area contributed by atoms with Gasteiger partial charge >= 0.3 is 5.97 Å². The van der Waals surface area contributed by atoms with Crippen molar-refractivity contribution in [2.45, 2.75) is 33.1 Å². The van der Waals surface area contributed by atoms with E-state index in [1.54, 1.807) is 0 Å². The summed E-state index contributed by atoms with van der Waals surface area (Å²) < 4.78 is 4.58. The molecule has 0 fully saturated rings. The van der Waals surface area contributed by atoms with Gasteiger partial charge in [-0.25, -0.2) is 9.97 Å². The van der Waals surface area contributed by atoms with Crippen LogP contribution in [0.5, 0.6) is 0 Å². The van der Waals surface area contributed by atoms with E-state index in [1.165, 1.54) is 7.11 Å². The van der Waals surface area contributed by atoms with Crippen LogP contribution in [0.3, 0.4) is 0 Å². The third-order valence-electron chi connectivity index (χ3n) is 2.54. The average Bonchev–Trinajstić information content (AvgIpc) is 2.38. The minimum absolute atomic E-state index is 0.237. The number of hydrogen-bond acceptors (Lipinski definition) is 6. The van der Waals surface area contributed by atoms with Gasteiger partial charge in [0.1, 0.15) is 17.5 Å². The van der Waals surface area contributed by atoms with Crippen LogP contribution in [0, 0.1) is 6.92 Å². The van der Waals surface area contributed by atoms with E-state index in [1.807, 2.05) is 13.0 Å². The highest BCUT2D eigenvalue weighted by Crippen LogP contribution is 2.11. The van der Waals surface area contributed by atoms with Gasteiger partial charge < -0.3 is 15.4 Å². The fraction of sp³-hybridized carbons (Fsp3) is 0.615. The fourth-order valence-corrected chi connectivity index (χ4v) is 1.54. The number of carbonyl (C=O) groups is 1. The molecule has 1 heterocycles. The molecule has 0 bridgehead atoms. The minimum atomic E-state index is -0.237. The zero-order valence-electron chi connectivity index (χ0n) is 11.8. The highest BCUT2D eigenvalue weighted by atomic mass is 16.5. The lowest BCUT2D eigenvalue weighted by molar-refractivity contribution is -0.140. The zero-order chi connectivity index (χ0) is 14.1. The Morgan fingerprint density at radius 3 is 2.47 bits per heavy atom. The van der Waals surface area contributed by atoms with E-state index in [-0.39, 0.29) is 5.97 Å². The number of carbonyl (C=O) groups excluding carboxylic acids is 1. The lowest BCUT2D eigenvalue weighted by Crippen LogP contribution is -2.12. The van der Waals surface area contributed by atoms with Crippen LogP contribution in [0.15, 0.2) is 6.07 Å². The largest absolute Gasteiger partial charge is 0.469 e. The molecule has 0 amide bonds. The van der Waals surface area contributed by atoms with Crippen molar-refractivity contribution in [3.63, 3.8) is 0 Å². The summed E-state index contributed by atoms with van der Waals surface area (Å²) in [4.78, 5) is 19.6. The molecule has 0 atom stereocenters. The number of ether oxygens (including phenoxy) is 1. The minimum Gasteiger partial charge on any atom is -0.469 e. The standard InChI is InChI=1S/C13H22N4O2/c1-4-5-7-14-11-9-12(17-10(2)16-11)15-8-6-13(18)19-3/h9H,4-8H2,1-3H3,(H2,14,15,16,17). The number of unbranched alkanes of at least 4 members (excludes halogenated alkanes) is 1. The number of anilines is 2. The van der Waals surface area contributed by atoms with Gasteiger partial charge in [-0.15, -0.1) is 0 Å². The first kappa shape index (κ1) is 15.2. The van der Waals surface area contributed by atoms with Gasteiger partial charge in [-0.1, -0.05) is 13.3 Å². The highest BCUT2D eigenvalue weighted by molar-refractivity contribution is 5.69. The highest BCUT2D eigenvalue weighted by Gasteiger charge is 2.03. The SMILES string of the molecule is CCCCNc1cc(NCCC(=O)OC)nc(C)n1. The average molecular weight is 266 g/mol. The molecule has 0 saturated carbocycles. The second kappa shape index (κ2) is 8.29. The van der Waals surface area contributed by atoms with Crippen LogP contribution in [0.4, 0.5) is 11.6 Å². The lowest BCUT2D eigenvalue weighted by Gasteiger charge is -2.09. The van der Waals surface area contributed by atoms with Gasteiger partial charge in [-0.2, -0.15) is 0 Å². The maximum Gasteiger partial charge on any atom is 0.307 e. The molecule has 6 heteroatoms. The van der Waals surface area contributed by atoms with Crippen molar-refractivity contribution in [3.8, 4) is 0 Å². The van der Waals surface area contributed by atoms with E-state index in [0.717, 1.165) is 31.0 Å². The normalized spacial score (nSPS) is 10.1. The summed E-state index contributed by atoms with van der Waals surface area (Å²) in [7, 11) is 1.38. The molecule has 0 unspecified atom stereocenters. The second-order valence-electron chi connectivity index (χ2n) is 4.22. The Morgan fingerprint density at radius 1 is 1.26 bits per heavy atom. The van der Waals surface area contributed by atoms with Crippen LogP contribution in [0.25, 0.3) is 0 Å². The van der Waals surface area contributed by atoms with Crippen molar-refractivity contribution in [2.75, 3.05) is 30.8 Å². The summed E-state index contributed by atoms with van der Waals surface area (Å²) in [6.07, 6.45) is 2.56. The van der Waals surface area contributed by atoms with Gasteiger partial charge in [0.25, 0.3) is 0 Å². The summed E-state index contributed by atoms with van der Waals surface area (Å²) in [5.41, 5.74) is 0. The summed E-state index contributed by atoms with van der Waals surface area (Å²) >= 11 is 0. The van der Waals surface area contributed by atoms with Crippen LogP contribution < -0.4 is 10.6 Å². The summed E-state index contributed by atoms with van der Waals surface area (Å²) in [6, 6.07) is 1.85. The predicted molar refractivity (Wildman–Crippen MR) is 75.3 cm³/mol. The Kier molecular flexibility index (Phi) is 6.63. The Bertz CT molecular complexity index is 410. The van der Waals surface area contributed by atoms with Gasteiger partial charge in [0.05, 0.1) is 13.5 Å². The van der Waals surface area contributed by atoms with E-state index in [9.17, 15) is 4.79 Å². The third-order valence-corrected chi connectivity index (χ3v) is 2.54. The van der Waals surface area contributed by atoms with Gasteiger partial charge in [-0.05, 0) is 13.3 Å². The molecule has 106 valence electrons. The monoisotopic (exact) mass is 266 g/mol. The van der Waals surface area contributed by atoms with Crippen LogP contribution in [0.1, 0.15) is 32.0 Å². The van der Waals surface area contributed by atoms with Crippen LogP contribution >= 0.6 is 0 Å². The number of aromatic nitrogens is 2. The van der Waals surface area contributed by atoms with E-state index < -0.39 is 0 Å². The smallest absolute Gasteiger partial charge is 0.307 e. The summed E-state index contributed by atoms with van der Waals surface area (Å²) in [6.45, 7) is 5.38. The number of aryl methyl sites for hydroxylation is 1. The number of rotatable bonds is 8. The molecule has 1 aromatic rings. The lowest BCUT2D eigenvalue weighted by atomic mass is 10.3. The maximum absolute atomic E-state index is 11.0. The molecular formula is C13H22N4O2. The van der Waals surface area contributed by atoms with E-state index in [0.29, 0.717) is 18.8 Å². The van der Waals surface area contributed by atoms with Crippen molar-refractivity contribution in [3.05, 3.63) is 11.9 Å². The molecule has 1 aromatic heterocycles. The number of hydrogen-bond donors (Lipinski definition) is 2. The van der Waals surface area contributed by atoms with Gasteiger partial charge in [-0.3, -0.25) is 4.79 Å². The molecule has 0 saturated heterocycles. The van der Waals surface area contributed by atoms with Crippen molar-refractivity contribution < 1.29 is 9.53 Å². The molecule has 1 rings (SSSR count). The van der Waals surface area contributed by atoms with E-state index >= 15 is 0 Å². The first-order valence-electron chi connectivity index (χ1n) is 6.56. The molecule has 0 radical (unpaired) electrons. The Hall–Kier alpha value is -1.85. The second-order valence-corrected chi connectivity index (χ2v) is 4.22. The Labute approximate surface area is 114 Å². The van der Waals surface area contributed by atoms with Crippen LogP contribution in [-0.2, 0) is 9.53 Å². The van der Waals surface area contributed by atoms with Crippen molar-refractivity contribution >= 4 is 17.6 Å². The molecule has 0 aromatic carbocycles. The fourth-order valence-electron chi connectivity index (χ4n) is 1.54. The molecule has 19 heavy (non-hydrogen) atoms. The predicted octanol–water partition coefficient (Wildman–Crippen LogP) is 1.97. The molecule has 0 aliphatic heterocycles. The third kappa shape index (κ3) is 6.03. The van der Waals surface area contributed by atoms with E-state index in [4.69, 9.17) is 0 Å². The van der Waals surface area contributed by atoms with Crippen LogP contribution in [-0.4, -0.2) is 36.1 Å². The van der Waals surface area contributed by atoms with E-state index in [2.05, 4.69) is 32.3 Å². The van der Waals surface area contributed by atoms with Gasteiger partial charge in [0, 0.05) is 19.2 Å². The number of nitrogens with one attached hydrogen (secondary N) is 2. The Balaban J connectivity index is 2.50. The Morgan fingerprint density at radius 2 is 1.89 bits per heavy atom. The van der Waals surface area contributed by atoms with Crippen molar-refractivity contribution in [1.29, 1.82) is 0 Å². The van der Waals surface area contributed by atoms with Crippen LogP contribution in [0.2, 0.25) is 0 Å². The van der Waals surface area contributed by atoms with Crippen molar-refractivity contribution in [1.82, 2.24) is 9.97 Å². The first-order valence-corrected chi connectivity index (χ1v) is 6.56. The molecule has 0 aliphatic carbocycles. The zero-order valence-corrected chi connectivity index (χ0v) is 11.8. The van der Waals surface area contributed by atoms with Gasteiger partial charge in [0.15, 0.2) is 0 Å². The number of methoxy groups -OCH3 is 1. The molecule has 6 nitrogen and oxygen atoms in total. The molecule has 0 spiro atoms. The molecule has 2 N–H and O–H groups in total. The summed E-state index contributed by atoms with van der Waals surface area (Å²) in [5, 5.41) is 6.34. The number of nitrogens with zero attached hydrogens (tertiary/aromatic N) is 2. The quantitative estimate of drug-likeness (QED) is 0.553. The molecular weight excluding hydrogens is 244 g/mol. The summed E-state index contributed by atoms with van der Waals surface area (Å²) in [5.74, 6) is 1.98. The topological polar surface area (TPSA) is 76.1 Å². The number of esters is 1. The molecule has 0 aliphatic rings.